The van der Waals surface area contributed by atoms with Gasteiger partial charge in [0.2, 0.25) is 5.90 Å². The third-order valence-corrected chi connectivity index (χ3v) is 1.99. The van der Waals surface area contributed by atoms with Crippen molar-refractivity contribution in [3.8, 4) is 0 Å². The van der Waals surface area contributed by atoms with Gasteiger partial charge in [0.25, 0.3) is 0 Å². The summed E-state index contributed by atoms with van der Waals surface area (Å²) >= 11 is 0. The predicted octanol–water partition coefficient (Wildman–Crippen LogP) is 1.18. The second-order valence-electron chi connectivity index (χ2n) is 4.32. The molecule has 12 heavy (non-hydrogen) atoms. The minimum absolute atomic E-state index is 0.0493. The van der Waals surface area contributed by atoms with Gasteiger partial charge in [-0.3, -0.25) is 0 Å². The first-order valence-electron chi connectivity index (χ1n) is 4.40. The van der Waals surface area contributed by atoms with Crippen molar-refractivity contribution < 1.29 is 4.74 Å². The fourth-order valence-corrected chi connectivity index (χ4v) is 1.07. The molecule has 0 saturated carbocycles. The number of aliphatic imine (C=N–C) groups is 1. The van der Waals surface area contributed by atoms with Crippen molar-refractivity contribution >= 4 is 5.90 Å². The van der Waals surface area contributed by atoms with Crippen LogP contribution in [0.15, 0.2) is 4.99 Å². The van der Waals surface area contributed by atoms with Gasteiger partial charge in [-0.05, 0) is 19.8 Å². The third-order valence-electron chi connectivity index (χ3n) is 1.99. The summed E-state index contributed by atoms with van der Waals surface area (Å²) < 4.78 is 5.42. The van der Waals surface area contributed by atoms with Gasteiger partial charge in [0, 0.05) is 0 Å². The molecule has 0 aromatic heterocycles. The van der Waals surface area contributed by atoms with Gasteiger partial charge in [0.05, 0.1) is 11.6 Å². The van der Waals surface area contributed by atoms with Crippen LogP contribution in [0.2, 0.25) is 0 Å². The average Bonchev–Trinajstić information content (AvgIpc) is 2.28. The third kappa shape index (κ3) is 1.97. The highest BCUT2D eigenvalue weighted by Gasteiger charge is 2.30. The molecule has 1 heterocycles. The smallest absolute Gasteiger partial charge is 0.201 e. The molecule has 2 N–H and O–H groups in total. The molecule has 1 atom stereocenters. The molecule has 0 bridgehead atoms. The molecule has 0 aromatic rings. The number of hydrogen-bond acceptors (Lipinski definition) is 3. The van der Waals surface area contributed by atoms with Crippen LogP contribution < -0.4 is 5.73 Å². The molecule has 0 aromatic carbocycles. The van der Waals surface area contributed by atoms with E-state index < -0.39 is 0 Å². The zero-order valence-corrected chi connectivity index (χ0v) is 8.29. The van der Waals surface area contributed by atoms with Crippen LogP contribution in [-0.4, -0.2) is 24.1 Å². The van der Waals surface area contributed by atoms with Crippen LogP contribution in [0.5, 0.6) is 0 Å². The lowest BCUT2D eigenvalue weighted by Gasteiger charge is -2.14. The van der Waals surface area contributed by atoms with Crippen molar-refractivity contribution in [2.24, 2.45) is 16.6 Å². The van der Waals surface area contributed by atoms with Crippen molar-refractivity contribution in [1.29, 1.82) is 0 Å². The summed E-state index contributed by atoms with van der Waals surface area (Å²) in [7, 11) is 0. The van der Waals surface area contributed by atoms with E-state index >= 15 is 0 Å². The average molecular weight is 170 g/mol. The monoisotopic (exact) mass is 170 g/mol. The summed E-state index contributed by atoms with van der Waals surface area (Å²) in [5, 5.41) is 0. The fraction of sp³-hybridized carbons (Fsp3) is 0.889. The van der Waals surface area contributed by atoms with E-state index in [4.69, 9.17) is 10.5 Å². The zero-order chi connectivity index (χ0) is 9.35. The van der Waals surface area contributed by atoms with E-state index in [-0.39, 0.29) is 11.6 Å². The number of nitrogens with two attached hydrogens (primary N) is 1. The van der Waals surface area contributed by atoms with Gasteiger partial charge in [-0.1, -0.05) is 13.8 Å². The van der Waals surface area contributed by atoms with Gasteiger partial charge >= 0.3 is 0 Å². The summed E-state index contributed by atoms with van der Waals surface area (Å²) in [4.78, 5) is 4.41. The molecule has 0 radical (unpaired) electrons. The first-order chi connectivity index (χ1) is 5.42. The topological polar surface area (TPSA) is 47.6 Å². The van der Waals surface area contributed by atoms with E-state index in [1.54, 1.807) is 0 Å². The maximum Gasteiger partial charge on any atom is 0.201 e. The van der Waals surface area contributed by atoms with Crippen molar-refractivity contribution in [2.45, 2.75) is 39.3 Å². The van der Waals surface area contributed by atoms with Gasteiger partial charge in [-0.15, -0.1) is 0 Å². The van der Waals surface area contributed by atoms with Crippen LogP contribution in [0.1, 0.15) is 27.7 Å². The van der Waals surface area contributed by atoms with Gasteiger partial charge in [-0.25, -0.2) is 4.99 Å². The molecule has 0 fully saturated rings. The van der Waals surface area contributed by atoms with Gasteiger partial charge < -0.3 is 10.5 Å². The van der Waals surface area contributed by atoms with Crippen LogP contribution in [-0.2, 0) is 4.74 Å². The molecule has 1 aliphatic rings. The van der Waals surface area contributed by atoms with Crippen LogP contribution >= 0.6 is 0 Å². The molecule has 3 nitrogen and oxygen atoms in total. The lowest BCUT2D eigenvalue weighted by atomic mass is 10.1. The Bertz CT molecular complexity index is 197. The Hall–Kier alpha value is -0.570. The highest BCUT2D eigenvalue weighted by Crippen LogP contribution is 2.19. The minimum Gasteiger partial charge on any atom is -0.477 e. The molecule has 0 aliphatic carbocycles. The SMILES string of the molecule is CC(C)C(N)C1=NC(C)(C)CO1. The summed E-state index contributed by atoms with van der Waals surface area (Å²) in [6.45, 7) is 8.90. The van der Waals surface area contributed by atoms with Gasteiger partial charge in [0.1, 0.15) is 6.61 Å². The van der Waals surface area contributed by atoms with Crippen molar-refractivity contribution in [1.82, 2.24) is 0 Å². The largest absolute Gasteiger partial charge is 0.477 e. The second-order valence-corrected chi connectivity index (χ2v) is 4.32. The van der Waals surface area contributed by atoms with E-state index in [0.717, 1.165) is 5.90 Å². The Labute approximate surface area is 74.0 Å². The number of hydrogen-bond donors (Lipinski definition) is 1. The summed E-state index contributed by atoms with van der Waals surface area (Å²) in [5.41, 5.74) is 5.81. The lowest BCUT2D eigenvalue weighted by Crippen LogP contribution is -2.35. The van der Waals surface area contributed by atoms with E-state index in [1.165, 1.54) is 0 Å². The Morgan fingerprint density at radius 3 is 2.42 bits per heavy atom. The Morgan fingerprint density at radius 2 is 2.08 bits per heavy atom. The van der Waals surface area contributed by atoms with Gasteiger partial charge in [-0.2, -0.15) is 0 Å². The number of nitrogens with zero attached hydrogens (tertiary/aromatic N) is 1. The van der Waals surface area contributed by atoms with E-state index in [0.29, 0.717) is 12.5 Å². The molecule has 1 unspecified atom stereocenters. The van der Waals surface area contributed by atoms with Crippen molar-refractivity contribution in [3.63, 3.8) is 0 Å². The molecule has 1 rings (SSSR count). The molecule has 0 saturated heterocycles. The standard InChI is InChI=1S/C9H18N2O/c1-6(2)7(10)8-11-9(3,4)5-12-8/h6-7H,5,10H2,1-4H3. The Morgan fingerprint density at radius 1 is 1.50 bits per heavy atom. The fourth-order valence-electron chi connectivity index (χ4n) is 1.07. The summed E-state index contributed by atoms with van der Waals surface area (Å²) in [5.74, 6) is 1.10. The highest BCUT2D eigenvalue weighted by molar-refractivity contribution is 5.83. The Kier molecular flexibility index (Phi) is 2.42. The van der Waals surface area contributed by atoms with E-state index in [1.807, 2.05) is 13.8 Å². The molecule has 0 amide bonds. The van der Waals surface area contributed by atoms with Crippen LogP contribution in [0, 0.1) is 5.92 Å². The first kappa shape index (κ1) is 9.52. The summed E-state index contributed by atoms with van der Waals surface area (Å²) in [6.07, 6.45) is 0. The summed E-state index contributed by atoms with van der Waals surface area (Å²) in [6, 6.07) is -0.0493. The second kappa shape index (κ2) is 3.05. The number of ether oxygens (including phenoxy) is 1. The molecular weight excluding hydrogens is 152 g/mol. The molecule has 0 spiro atoms. The van der Waals surface area contributed by atoms with Gasteiger partial charge in [0.15, 0.2) is 0 Å². The maximum absolute atomic E-state index is 5.89. The molecule has 1 aliphatic heterocycles. The van der Waals surface area contributed by atoms with Crippen molar-refractivity contribution in [2.75, 3.05) is 6.61 Å². The van der Waals surface area contributed by atoms with E-state index in [2.05, 4.69) is 18.8 Å². The predicted molar refractivity (Wildman–Crippen MR) is 50.3 cm³/mol. The first-order valence-corrected chi connectivity index (χ1v) is 4.40. The highest BCUT2D eigenvalue weighted by atomic mass is 16.5. The normalized spacial score (nSPS) is 23.7. The number of rotatable bonds is 2. The van der Waals surface area contributed by atoms with Crippen molar-refractivity contribution in [3.05, 3.63) is 0 Å². The van der Waals surface area contributed by atoms with Crippen LogP contribution in [0.4, 0.5) is 0 Å². The molecule has 70 valence electrons. The lowest BCUT2D eigenvalue weighted by molar-refractivity contribution is 0.266. The minimum atomic E-state index is -0.0815. The molecular formula is C9H18N2O. The quantitative estimate of drug-likeness (QED) is 0.676. The van der Waals surface area contributed by atoms with Crippen LogP contribution in [0.25, 0.3) is 0 Å². The van der Waals surface area contributed by atoms with Crippen LogP contribution in [0.3, 0.4) is 0 Å². The maximum atomic E-state index is 5.89. The zero-order valence-electron chi connectivity index (χ0n) is 8.29. The Balaban J connectivity index is 2.66. The molecule has 3 heteroatoms. The van der Waals surface area contributed by atoms with E-state index in [9.17, 15) is 0 Å².